The van der Waals surface area contributed by atoms with Gasteiger partial charge in [0.2, 0.25) is 0 Å². The van der Waals surface area contributed by atoms with Crippen molar-refractivity contribution in [3.8, 4) is 11.5 Å². The van der Waals surface area contributed by atoms with Crippen LogP contribution in [0.5, 0.6) is 11.5 Å². The molecule has 0 saturated carbocycles. The Hall–Kier alpha value is -1.75. The summed E-state index contributed by atoms with van der Waals surface area (Å²) in [6, 6.07) is 4.94. The monoisotopic (exact) mass is 253 g/mol. The highest BCUT2D eigenvalue weighted by molar-refractivity contribution is 5.66. The number of esters is 1. The third kappa shape index (κ3) is 3.37. The maximum Gasteiger partial charge on any atom is 0.303 e. The van der Waals surface area contributed by atoms with Gasteiger partial charge in [0.1, 0.15) is 17.6 Å². The van der Waals surface area contributed by atoms with Gasteiger partial charge in [0.25, 0.3) is 0 Å². The molecule has 2 N–H and O–H groups in total. The van der Waals surface area contributed by atoms with Gasteiger partial charge in [-0.3, -0.25) is 4.79 Å². The zero-order valence-corrected chi connectivity index (χ0v) is 11.1. The van der Waals surface area contributed by atoms with Crippen LogP contribution in [0.3, 0.4) is 0 Å². The van der Waals surface area contributed by atoms with Crippen LogP contribution in [0.1, 0.15) is 25.5 Å². The van der Waals surface area contributed by atoms with Gasteiger partial charge in [-0.15, -0.1) is 0 Å². The van der Waals surface area contributed by atoms with Crippen LogP contribution in [0.2, 0.25) is 0 Å². The lowest BCUT2D eigenvalue weighted by atomic mass is 10.0. The van der Waals surface area contributed by atoms with Crippen molar-refractivity contribution in [2.75, 3.05) is 14.2 Å². The summed E-state index contributed by atoms with van der Waals surface area (Å²) < 4.78 is 15.6. The van der Waals surface area contributed by atoms with Gasteiger partial charge in [0, 0.05) is 18.5 Å². The van der Waals surface area contributed by atoms with Gasteiger partial charge in [0.05, 0.1) is 14.2 Å². The van der Waals surface area contributed by atoms with Crippen LogP contribution >= 0.6 is 0 Å². The largest absolute Gasteiger partial charge is 0.497 e. The first-order valence-electron chi connectivity index (χ1n) is 5.64. The smallest absolute Gasteiger partial charge is 0.303 e. The van der Waals surface area contributed by atoms with E-state index in [9.17, 15) is 4.79 Å². The van der Waals surface area contributed by atoms with Crippen LogP contribution in [0.4, 0.5) is 0 Å². The summed E-state index contributed by atoms with van der Waals surface area (Å²) in [6.45, 7) is 3.12. The van der Waals surface area contributed by atoms with Crippen molar-refractivity contribution in [1.29, 1.82) is 0 Å². The molecular formula is C13H19NO4. The van der Waals surface area contributed by atoms with Gasteiger partial charge < -0.3 is 19.9 Å². The Bertz CT molecular complexity index is 417. The van der Waals surface area contributed by atoms with E-state index in [1.165, 1.54) is 6.92 Å². The molecule has 0 aromatic heterocycles. The van der Waals surface area contributed by atoms with Crippen LogP contribution in [0, 0.1) is 0 Å². The van der Waals surface area contributed by atoms with E-state index in [0.29, 0.717) is 17.1 Å². The van der Waals surface area contributed by atoms with E-state index in [1.807, 2.05) is 0 Å². The lowest BCUT2D eigenvalue weighted by Crippen LogP contribution is -2.28. The number of nitrogens with two attached hydrogens (primary N) is 1. The highest BCUT2D eigenvalue weighted by Crippen LogP contribution is 2.32. The van der Waals surface area contributed by atoms with Gasteiger partial charge in [-0.1, -0.05) is 0 Å². The highest BCUT2D eigenvalue weighted by Gasteiger charge is 2.23. The van der Waals surface area contributed by atoms with Crippen LogP contribution in [-0.4, -0.2) is 26.2 Å². The van der Waals surface area contributed by atoms with Crippen LogP contribution in [-0.2, 0) is 9.53 Å². The van der Waals surface area contributed by atoms with Gasteiger partial charge in [-0.25, -0.2) is 0 Å². The summed E-state index contributed by atoms with van der Waals surface area (Å²) in [6.07, 6.45) is -0.562. The molecule has 0 saturated heterocycles. The molecule has 0 fully saturated rings. The van der Waals surface area contributed by atoms with E-state index < -0.39 is 6.10 Å². The normalized spacial score (nSPS) is 13.6. The van der Waals surface area contributed by atoms with Gasteiger partial charge in [-0.05, 0) is 25.1 Å². The second kappa shape index (κ2) is 6.26. The molecule has 2 unspecified atom stereocenters. The summed E-state index contributed by atoms with van der Waals surface area (Å²) in [5, 5.41) is 0. The molecule has 0 aliphatic heterocycles. The van der Waals surface area contributed by atoms with Crippen molar-refractivity contribution in [3.63, 3.8) is 0 Å². The quantitative estimate of drug-likeness (QED) is 0.808. The Morgan fingerprint density at radius 2 is 1.94 bits per heavy atom. The van der Waals surface area contributed by atoms with Crippen molar-refractivity contribution in [3.05, 3.63) is 23.8 Å². The fourth-order valence-corrected chi connectivity index (χ4v) is 1.69. The Labute approximate surface area is 107 Å². The van der Waals surface area contributed by atoms with Gasteiger partial charge in [-0.2, -0.15) is 0 Å². The van der Waals surface area contributed by atoms with Crippen molar-refractivity contribution >= 4 is 5.97 Å². The maximum absolute atomic E-state index is 11.1. The van der Waals surface area contributed by atoms with E-state index in [0.717, 1.165) is 0 Å². The van der Waals surface area contributed by atoms with E-state index in [1.54, 1.807) is 39.3 Å². The molecule has 100 valence electrons. The minimum atomic E-state index is -0.562. The second-order valence-corrected chi connectivity index (χ2v) is 4.00. The molecule has 1 rings (SSSR count). The number of benzene rings is 1. The van der Waals surface area contributed by atoms with Crippen molar-refractivity contribution < 1.29 is 19.0 Å². The topological polar surface area (TPSA) is 70.8 Å². The fourth-order valence-electron chi connectivity index (χ4n) is 1.69. The summed E-state index contributed by atoms with van der Waals surface area (Å²) in [5.74, 6) is 0.880. The molecule has 2 atom stereocenters. The Morgan fingerprint density at radius 3 is 2.39 bits per heavy atom. The molecule has 0 amide bonds. The molecular weight excluding hydrogens is 234 g/mol. The average Bonchev–Trinajstić information content (AvgIpc) is 2.34. The minimum Gasteiger partial charge on any atom is -0.497 e. The molecule has 5 heteroatoms. The van der Waals surface area contributed by atoms with Crippen LogP contribution in [0.25, 0.3) is 0 Å². The van der Waals surface area contributed by atoms with Crippen molar-refractivity contribution in [2.45, 2.75) is 26.0 Å². The zero-order valence-electron chi connectivity index (χ0n) is 11.1. The first-order valence-corrected chi connectivity index (χ1v) is 5.64. The first kappa shape index (κ1) is 14.3. The van der Waals surface area contributed by atoms with E-state index in [2.05, 4.69) is 0 Å². The van der Waals surface area contributed by atoms with Gasteiger partial charge >= 0.3 is 5.97 Å². The molecule has 0 aliphatic rings. The number of ether oxygens (including phenoxy) is 3. The lowest BCUT2D eigenvalue weighted by molar-refractivity contribution is -0.147. The molecule has 5 nitrogen and oxygen atoms in total. The number of rotatable bonds is 5. The fraction of sp³-hybridized carbons (Fsp3) is 0.462. The first-order chi connectivity index (χ1) is 8.49. The van der Waals surface area contributed by atoms with E-state index in [4.69, 9.17) is 19.9 Å². The Balaban J connectivity index is 3.19. The third-order valence-corrected chi connectivity index (χ3v) is 2.51. The molecule has 0 radical (unpaired) electrons. The van der Waals surface area contributed by atoms with E-state index >= 15 is 0 Å². The predicted molar refractivity (Wildman–Crippen MR) is 67.7 cm³/mol. The molecule has 0 bridgehead atoms. The van der Waals surface area contributed by atoms with Crippen LogP contribution < -0.4 is 15.2 Å². The molecule has 0 aliphatic carbocycles. The Morgan fingerprint density at radius 1 is 1.28 bits per heavy atom. The standard InChI is InChI=1S/C13H19NO4/c1-8(14)13(18-9(2)15)11-7-10(16-3)5-6-12(11)17-4/h5-8,13H,14H2,1-4H3. The molecule has 0 heterocycles. The molecule has 0 spiro atoms. The SMILES string of the molecule is COc1ccc(OC)c(C(OC(C)=O)C(C)N)c1. The molecule has 1 aromatic rings. The zero-order chi connectivity index (χ0) is 13.7. The highest BCUT2D eigenvalue weighted by atomic mass is 16.5. The third-order valence-electron chi connectivity index (χ3n) is 2.51. The number of hydrogen-bond acceptors (Lipinski definition) is 5. The van der Waals surface area contributed by atoms with Crippen LogP contribution in [0.15, 0.2) is 18.2 Å². The molecule has 18 heavy (non-hydrogen) atoms. The number of carbonyl (C=O) groups excluding carboxylic acids is 1. The lowest BCUT2D eigenvalue weighted by Gasteiger charge is -2.23. The van der Waals surface area contributed by atoms with Crippen molar-refractivity contribution in [1.82, 2.24) is 0 Å². The molecule has 1 aromatic carbocycles. The summed E-state index contributed by atoms with van der Waals surface area (Å²) in [7, 11) is 3.12. The van der Waals surface area contributed by atoms with Gasteiger partial charge in [0.15, 0.2) is 0 Å². The predicted octanol–water partition coefficient (Wildman–Crippen LogP) is 1.66. The second-order valence-electron chi connectivity index (χ2n) is 4.00. The number of hydrogen-bond donors (Lipinski definition) is 1. The number of methoxy groups -OCH3 is 2. The van der Waals surface area contributed by atoms with Crippen molar-refractivity contribution in [2.24, 2.45) is 5.73 Å². The summed E-state index contributed by atoms with van der Waals surface area (Å²) >= 11 is 0. The average molecular weight is 253 g/mol. The maximum atomic E-state index is 11.1. The summed E-state index contributed by atoms with van der Waals surface area (Å²) in [4.78, 5) is 11.1. The number of carbonyl (C=O) groups is 1. The minimum absolute atomic E-state index is 0.352. The Kier molecular flexibility index (Phi) is 4.97. The summed E-state index contributed by atoms with van der Waals surface area (Å²) in [5.41, 5.74) is 6.55. The van der Waals surface area contributed by atoms with E-state index in [-0.39, 0.29) is 12.0 Å².